The number of nitrogens with two attached hydrogens (primary N) is 1. The van der Waals surface area contributed by atoms with Crippen molar-refractivity contribution in [3.63, 3.8) is 0 Å². The van der Waals surface area contributed by atoms with Gasteiger partial charge in [0.15, 0.2) is 0 Å². The van der Waals surface area contributed by atoms with Crippen LogP contribution in [0.3, 0.4) is 0 Å². The van der Waals surface area contributed by atoms with Gasteiger partial charge in [0.05, 0.1) is 0 Å². The predicted octanol–water partition coefficient (Wildman–Crippen LogP) is 2.02. The molecule has 0 spiro atoms. The van der Waals surface area contributed by atoms with Crippen molar-refractivity contribution in [1.29, 1.82) is 0 Å². The van der Waals surface area contributed by atoms with E-state index in [4.69, 9.17) is 5.73 Å². The highest BCUT2D eigenvalue weighted by Crippen LogP contribution is 2.04. The van der Waals surface area contributed by atoms with E-state index in [-0.39, 0.29) is 30.3 Å². The van der Waals surface area contributed by atoms with Crippen molar-refractivity contribution in [3.05, 3.63) is 35.4 Å². The van der Waals surface area contributed by atoms with Crippen molar-refractivity contribution >= 4 is 18.3 Å². The molecule has 2 atom stereocenters. The fourth-order valence-corrected chi connectivity index (χ4v) is 1.29. The summed E-state index contributed by atoms with van der Waals surface area (Å²) in [4.78, 5) is 11.6. The van der Waals surface area contributed by atoms with Crippen molar-refractivity contribution in [2.45, 2.75) is 33.4 Å². The first-order chi connectivity index (χ1) is 7.50. The highest BCUT2D eigenvalue weighted by atomic mass is 35.5. The molecule has 2 unspecified atom stereocenters. The lowest BCUT2D eigenvalue weighted by Crippen LogP contribution is -2.38. The molecule has 3 N–H and O–H groups in total. The summed E-state index contributed by atoms with van der Waals surface area (Å²) < 4.78 is 0. The number of hydrogen-bond acceptors (Lipinski definition) is 2. The predicted molar refractivity (Wildman–Crippen MR) is 73.1 cm³/mol. The fraction of sp³-hybridized carbons (Fsp3) is 0.462. The molecule has 3 nitrogen and oxygen atoms in total. The highest BCUT2D eigenvalue weighted by molar-refractivity contribution is 5.85. The lowest BCUT2D eigenvalue weighted by atomic mass is 10.0. The molecule has 0 heterocycles. The van der Waals surface area contributed by atoms with Gasteiger partial charge in [-0.3, -0.25) is 4.79 Å². The van der Waals surface area contributed by atoms with Crippen molar-refractivity contribution in [1.82, 2.24) is 5.32 Å². The van der Waals surface area contributed by atoms with E-state index in [1.807, 2.05) is 45.0 Å². The van der Waals surface area contributed by atoms with Gasteiger partial charge >= 0.3 is 0 Å². The van der Waals surface area contributed by atoms with Crippen LogP contribution in [0.1, 0.15) is 25.0 Å². The molecule has 1 aromatic carbocycles. The molecule has 0 aromatic heterocycles. The number of carbonyl (C=O) groups is 1. The van der Waals surface area contributed by atoms with Crippen molar-refractivity contribution < 1.29 is 4.79 Å². The van der Waals surface area contributed by atoms with E-state index in [2.05, 4.69) is 5.32 Å². The molecule has 1 aromatic rings. The van der Waals surface area contributed by atoms with Crippen LogP contribution in [0.25, 0.3) is 0 Å². The summed E-state index contributed by atoms with van der Waals surface area (Å²) >= 11 is 0. The first kappa shape index (κ1) is 15.9. The summed E-state index contributed by atoms with van der Waals surface area (Å²) in [6.45, 7) is 6.29. The minimum Gasteiger partial charge on any atom is -0.352 e. The normalized spacial score (nSPS) is 13.4. The zero-order valence-electron chi connectivity index (χ0n) is 10.6. The average molecular weight is 257 g/mol. The molecule has 0 aliphatic rings. The molecule has 0 aliphatic heterocycles. The molecule has 0 fully saturated rings. The lowest BCUT2D eigenvalue weighted by Gasteiger charge is -2.15. The Morgan fingerprint density at radius 1 is 1.29 bits per heavy atom. The van der Waals surface area contributed by atoms with Crippen molar-refractivity contribution in [3.8, 4) is 0 Å². The number of aryl methyl sites for hydroxylation is 1. The van der Waals surface area contributed by atoms with Crippen LogP contribution in [-0.2, 0) is 11.3 Å². The summed E-state index contributed by atoms with van der Waals surface area (Å²) in [6.07, 6.45) is 0. The largest absolute Gasteiger partial charge is 0.352 e. The third-order valence-electron chi connectivity index (χ3n) is 2.79. The van der Waals surface area contributed by atoms with Gasteiger partial charge in [-0.1, -0.05) is 36.8 Å². The van der Waals surface area contributed by atoms with Crippen LogP contribution >= 0.6 is 12.4 Å². The lowest BCUT2D eigenvalue weighted by molar-refractivity contribution is -0.125. The van der Waals surface area contributed by atoms with Crippen LogP contribution in [0, 0.1) is 12.8 Å². The summed E-state index contributed by atoms with van der Waals surface area (Å²) in [7, 11) is 0. The number of amides is 1. The molecule has 96 valence electrons. The first-order valence-corrected chi connectivity index (χ1v) is 5.59. The minimum absolute atomic E-state index is 0. The molecule has 0 saturated heterocycles. The standard InChI is InChI=1S/C13H20N2O.ClH/c1-9-4-6-12(7-5-9)8-15-13(16)10(2)11(3)14;/h4-7,10-11H,8,14H2,1-3H3,(H,15,16);1H. The van der Waals surface area contributed by atoms with Gasteiger partial charge in [-0.15, -0.1) is 12.4 Å². The van der Waals surface area contributed by atoms with Gasteiger partial charge in [-0.25, -0.2) is 0 Å². The molecular weight excluding hydrogens is 236 g/mol. The number of rotatable bonds is 4. The van der Waals surface area contributed by atoms with Crippen LogP contribution in [0.5, 0.6) is 0 Å². The molecule has 0 radical (unpaired) electrons. The molecule has 1 amide bonds. The maximum Gasteiger partial charge on any atom is 0.224 e. The average Bonchev–Trinajstić information content (AvgIpc) is 2.26. The van der Waals surface area contributed by atoms with Crippen LogP contribution in [0.15, 0.2) is 24.3 Å². The maximum atomic E-state index is 11.6. The van der Waals surface area contributed by atoms with Gasteiger partial charge in [0, 0.05) is 18.5 Å². The second kappa shape index (κ2) is 7.30. The Bertz CT molecular complexity index is 349. The second-order valence-corrected chi connectivity index (χ2v) is 4.35. The molecule has 0 aliphatic carbocycles. The Morgan fingerprint density at radius 2 is 1.82 bits per heavy atom. The summed E-state index contributed by atoms with van der Waals surface area (Å²) in [5, 5.41) is 2.88. The van der Waals surface area contributed by atoms with Crippen LogP contribution < -0.4 is 11.1 Å². The van der Waals surface area contributed by atoms with Crippen molar-refractivity contribution in [2.24, 2.45) is 11.7 Å². The third kappa shape index (κ3) is 5.20. The number of hydrogen-bond donors (Lipinski definition) is 2. The second-order valence-electron chi connectivity index (χ2n) is 4.35. The van der Waals surface area contributed by atoms with E-state index < -0.39 is 0 Å². The maximum absolute atomic E-state index is 11.6. The Labute approximate surface area is 109 Å². The quantitative estimate of drug-likeness (QED) is 0.866. The van der Waals surface area contributed by atoms with Gasteiger partial charge < -0.3 is 11.1 Å². The van der Waals surface area contributed by atoms with Gasteiger partial charge in [0.2, 0.25) is 5.91 Å². The molecule has 4 heteroatoms. The smallest absolute Gasteiger partial charge is 0.224 e. The number of benzene rings is 1. The minimum atomic E-state index is -0.148. The van der Waals surface area contributed by atoms with E-state index in [1.165, 1.54) is 5.56 Å². The van der Waals surface area contributed by atoms with Crippen LogP contribution in [-0.4, -0.2) is 11.9 Å². The Balaban J connectivity index is 0.00000256. The molecular formula is C13H21ClN2O. The Hall–Kier alpha value is -1.06. The summed E-state index contributed by atoms with van der Waals surface area (Å²) in [5.74, 6) is -0.138. The first-order valence-electron chi connectivity index (χ1n) is 5.59. The molecule has 0 bridgehead atoms. The summed E-state index contributed by atoms with van der Waals surface area (Å²) in [6, 6.07) is 8.00. The van der Waals surface area contributed by atoms with Crippen molar-refractivity contribution in [2.75, 3.05) is 0 Å². The van der Waals surface area contributed by atoms with E-state index in [0.29, 0.717) is 6.54 Å². The zero-order chi connectivity index (χ0) is 12.1. The number of halogens is 1. The molecule has 1 rings (SSSR count). The summed E-state index contributed by atoms with van der Waals surface area (Å²) in [5.41, 5.74) is 7.99. The number of nitrogens with one attached hydrogen (secondary N) is 1. The molecule has 17 heavy (non-hydrogen) atoms. The van der Waals surface area contributed by atoms with E-state index in [1.54, 1.807) is 0 Å². The Morgan fingerprint density at radius 3 is 2.29 bits per heavy atom. The van der Waals surface area contributed by atoms with Gasteiger partial charge in [0.1, 0.15) is 0 Å². The highest BCUT2D eigenvalue weighted by Gasteiger charge is 2.16. The monoisotopic (exact) mass is 256 g/mol. The molecule has 0 saturated carbocycles. The van der Waals surface area contributed by atoms with E-state index >= 15 is 0 Å². The van der Waals surface area contributed by atoms with Crippen LogP contribution in [0.2, 0.25) is 0 Å². The fourth-order valence-electron chi connectivity index (χ4n) is 1.29. The van der Waals surface area contributed by atoms with Gasteiger partial charge in [0.25, 0.3) is 0 Å². The van der Waals surface area contributed by atoms with E-state index in [0.717, 1.165) is 5.56 Å². The third-order valence-corrected chi connectivity index (χ3v) is 2.79. The van der Waals surface area contributed by atoms with Gasteiger partial charge in [-0.2, -0.15) is 0 Å². The number of carbonyl (C=O) groups excluding carboxylic acids is 1. The van der Waals surface area contributed by atoms with E-state index in [9.17, 15) is 4.79 Å². The Kier molecular flexibility index (Phi) is 6.85. The van der Waals surface area contributed by atoms with Gasteiger partial charge in [-0.05, 0) is 19.4 Å². The van der Waals surface area contributed by atoms with Crippen LogP contribution in [0.4, 0.5) is 0 Å². The topological polar surface area (TPSA) is 55.1 Å². The zero-order valence-corrected chi connectivity index (χ0v) is 11.4. The SMILES string of the molecule is Cc1ccc(CNC(=O)C(C)C(C)N)cc1.Cl.